The Morgan fingerprint density at radius 1 is 1.33 bits per heavy atom. The van der Waals surface area contributed by atoms with E-state index in [0.29, 0.717) is 19.6 Å². The largest absolute Gasteiger partial charge is 0.480 e. The minimum atomic E-state index is -0.984. The third-order valence-electron chi connectivity index (χ3n) is 3.19. The van der Waals surface area contributed by atoms with Gasteiger partial charge in [-0.25, -0.2) is 9.59 Å². The van der Waals surface area contributed by atoms with E-state index in [1.54, 1.807) is 9.80 Å². The first kappa shape index (κ1) is 12.9. The average molecular weight is 254 g/mol. The highest BCUT2D eigenvalue weighted by molar-refractivity contribution is 5.76. The number of carbonyl (C=O) groups excluding carboxylic acids is 1. The van der Waals surface area contributed by atoms with Gasteiger partial charge in [0.05, 0.1) is 13.1 Å². The molecule has 0 bridgehead atoms. The van der Waals surface area contributed by atoms with Gasteiger partial charge in [0.15, 0.2) is 0 Å². The van der Waals surface area contributed by atoms with Crippen LogP contribution in [-0.4, -0.2) is 65.3 Å². The molecule has 0 aromatic heterocycles. The minimum absolute atomic E-state index is 0.00995. The van der Waals surface area contributed by atoms with Gasteiger partial charge in [-0.3, -0.25) is 0 Å². The molecule has 0 atom stereocenters. The molecule has 0 spiro atoms. The van der Waals surface area contributed by atoms with Gasteiger partial charge < -0.3 is 19.6 Å². The van der Waals surface area contributed by atoms with Crippen LogP contribution < -0.4 is 0 Å². The summed E-state index contributed by atoms with van der Waals surface area (Å²) in [7, 11) is 0. The summed E-state index contributed by atoms with van der Waals surface area (Å²) in [5.74, 6) is -0.984. The molecule has 6 nitrogen and oxygen atoms in total. The Morgan fingerprint density at radius 3 is 2.61 bits per heavy atom. The predicted molar refractivity (Wildman–Crippen MR) is 64.3 cm³/mol. The van der Waals surface area contributed by atoms with Crippen molar-refractivity contribution >= 4 is 12.0 Å². The zero-order chi connectivity index (χ0) is 13.2. The quantitative estimate of drug-likeness (QED) is 0.746. The number of ether oxygens (including phenoxy) is 1. The molecule has 1 N–H and O–H groups in total. The maximum Gasteiger partial charge on any atom is 0.329 e. The summed E-state index contributed by atoms with van der Waals surface area (Å²) >= 11 is 0. The average Bonchev–Trinajstić information content (AvgIpc) is 2.33. The van der Waals surface area contributed by atoms with Crippen LogP contribution in [0.1, 0.15) is 13.3 Å². The lowest BCUT2D eigenvalue weighted by molar-refractivity contribution is -0.160. The predicted octanol–water partition coefficient (Wildman–Crippen LogP) is 0.544. The number of likely N-dealkylation sites (tertiary alicyclic amines) is 1. The highest BCUT2D eigenvalue weighted by Crippen LogP contribution is 2.26. The number of nitrogens with zero attached hydrogens (tertiary/aromatic N) is 2. The van der Waals surface area contributed by atoms with Crippen molar-refractivity contribution in [1.29, 1.82) is 0 Å². The second kappa shape index (κ2) is 4.97. The molecule has 2 amide bonds. The Balaban J connectivity index is 1.79. The summed E-state index contributed by atoms with van der Waals surface area (Å²) in [6, 6.07) is 0.00995. The molecule has 2 heterocycles. The van der Waals surface area contributed by atoms with Gasteiger partial charge in [0.1, 0.15) is 12.2 Å². The van der Waals surface area contributed by atoms with Crippen LogP contribution in [0.2, 0.25) is 0 Å². The van der Waals surface area contributed by atoms with E-state index in [1.807, 2.05) is 13.0 Å². The van der Waals surface area contributed by atoms with Gasteiger partial charge >= 0.3 is 12.0 Å². The third kappa shape index (κ3) is 2.81. The number of carboxylic acids is 1. The number of hydrogen-bond acceptors (Lipinski definition) is 3. The lowest BCUT2D eigenvalue weighted by Crippen LogP contribution is -2.65. The number of rotatable bonds is 3. The Kier molecular flexibility index (Phi) is 3.56. The topological polar surface area (TPSA) is 70.1 Å². The third-order valence-corrected chi connectivity index (χ3v) is 3.19. The molecule has 2 aliphatic heterocycles. The Labute approximate surface area is 106 Å². The number of carbonyl (C=O) groups is 2. The molecule has 0 aromatic rings. The molecular weight excluding hydrogens is 236 g/mol. The molecule has 1 saturated heterocycles. The molecule has 0 unspecified atom stereocenters. The van der Waals surface area contributed by atoms with E-state index >= 15 is 0 Å². The first-order valence-electron chi connectivity index (χ1n) is 6.05. The van der Waals surface area contributed by atoms with Crippen LogP contribution in [0.5, 0.6) is 0 Å². The maximum atomic E-state index is 12.1. The first-order chi connectivity index (χ1) is 8.50. The van der Waals surface area contributed by atoms with E-state index in [-0.39, 0.29) is 12.6 Å². The molecule has 0 radical (unpaired) electrons. The number of hydrogen-bond donors (Lipinski definition) is 1. The highest BCUT2D eigenvalue weighted by Gasteiger charge is 2.43. The standard InChI is InChI=1S/C12H18N2O4/c1-12(18-7-10(15)16)8-14(9-12)11(17)13-5-3-2-4-6-13/h2-3H,4-9H2,1H3,(H,15,16). The Morgan fingerprint density at radius 2 is 2.06 bits per heavy atom. The first-order valence-corrected chi connectivity index (χ1v) is 6.05. The lowest BCUT2D eigenvalue weighted by Gasteiger charge is -2.48. The van der Waals surface area contributed by atoms with Gasteiger partial charge in [0.25, 0.3) is 0 Å². The minimum Gasteiger partial charge on any atom is -0.480 e. The van der Waals surface area contributed by atoms with Crippen molar-refractivity contribution in [3.63, 3.8) is 0 Å². The van der Waals surface area contributed by atoms with Crippen LogP contribution in [0.15, 0.2) is 12.2 Å². The Hall–Kier alpha value is -1.56. The van der Waals surface area contributed by atoms with Gasteiger partial charge in [-0.2, -0.15) is 0 Å². The summed E-state index contributed by atoms with van der Waals surface area (Å²) < 4.78 is 5.27. The number of amides is 2. The van der Waals surface area contributed by atoms with Crippen molar-refractivity contribution < 1.29 is 19.4 Å². The molecule has 0 aliphatic carbocycles. The van der Waals surface area contributed by atoms with Crippen LogP contribution in [0.25, 0.3) is 0 Å². The van der Waals surface area contributed by atoms with E-state index in [4.69, 9.17) is 9.84 Å². The lowest BCUT2D eigenvalue weighted by atomic mass is 9.97. The van der Waals surface area contributed by atoms with Gasteiger partial charge in [0.2, 0.25) is 0 Å². The van der Waals surface area contributed by atoms with E-state index in [1.165, 1.54) is 0 Å². The molecule has 6 heteroatoms. The van der Waals surface area contributed by atoms with Crippen molar-refractivity contribution in [3.8, 4) is 0 Å². The van der Waals surface area contributed by atoms with Crippen molar-refractivity contribution in [2.24, 2.45) is 0 Å². The number of carboxylic acid groups (broad SMARTS) is 1. The van der Waals surface area contributed by atoms with E-state index < -0.39 is 11.6 Å². The van der Waals surface area contributed by atoms with E-state index in [9.17, 15) is 9.59 Å². The van der Waals surface area contributed by atoms with Gasteiger partial charge in [0, 0.05) is 13.1 Å². The molecular formula is C12H18N2O4. The number of aliphatic carboxylic acids is 1. The van der Waals surface area contributed by atoms with Crippen LogP contribution in [0.3, 0.4) is 0 Å². The highest BCUT2D eigenvalue weighted by atomic mass is 16.5. The summed E-state index contributed by atoms with van der Waals surface area (Å²) in [4.78, 5) is 26.0. The molecule has 18 heavy (non-hydrogen) atoms. The van der Waals surface area contributed by atoms with Crippen LogP contribution in [0.4, 0.5) is 4.79 Å². The van der Waals surface area contributed by atoms with E-state index in [2.05, 4.69) is 6.08 Å². The van der Waals surface area contributed by atoms with Crippen molar-refractivity contribution in [1.82, 2.24) is 9.80 Å². The second-order valence-corrected chi connectivity index (χ2v) is 4.98. The summed E-state index contributed by atoms with van der Waals surface area (Å²) in [6.45, 7) is 3.83. The van der Waals surface area contributed by atoms with Crippen molar-refractivity contribution in [3.05, 3.63) is 12.2 Å². The normalized spacial score (nSPS) is 21.6. The van der Waals surface area contributed by atoms with Crippen molar-refractivity contribution in [2.45, 2.75) is 18.9 Å². The Bertz CT molecular complexity index is 374. The number of urea groups is 1. The SMILES string of the molecule is CC1(OCC(=O)O)CN(C(=O)N2CC=CCC2)C1. The van der Waals surface area contributed by atoms with Gasteiger partial charge in [-0.15, -0.1) is 0 Å². The smallest absolute Gasteiger partial charge is 0.329 e. The van der Waals surface area contributed by atoms with Crippen LogP contribution in [-0.2, 0) is 9.53 Å². The van der Waals surface area contributed by atoms with Gasteiger partial charge in [-0.05, 0) is 13.3 Å². The van der Waals surface area contributed by atoms with E-state index in [0.717, 1.165) is 13.0 Å². The van der Waals surface area contributed by atoms with Crippen LogP contribution >= 0.6 is 0 Å². The maximum absolute atomic E-state index is 12.1. The van der Waals surface area contributed by atoms with Gasteiger partial charge in [-0.1, -0.05) is 12.2 Å². The summed E-state index contributed by atoms with van der Waals surface area (Å²) in [5.41, 5.74) is -0.514. The fourth-order valence-corrected chi connectivity index (χ4v) is 2.24. The molecule has 0 aromatic carbocycles. The van der Waals surface area contributed by atoms with Crippen molar-refractivity contribution in [2.75, 3.05) is 32.8 Å². The second-order valence-electron chi connectivity index (χ2n) is 4.98. The zero-order valence-corrected chi connectivity index (χ0v) is 10.5. The fourth-order valence-electron chi connectivity index (χ4n) is 2.24. The molecule has 2 rings (SSSR count). The molecule has 2 aliphatic rings. The monoisotopic (exact) mass is 254 g/mol. The molecule has 0 saturated carbocycles. The summed E-state index contributed by atoms with van der Waals surface area (Å²) in [6.07, 6.45) is 4.95. The molecule has 1 fully saturated rings. The fraction of sp³-hybridized carbons (Fsp3) is 0.667. The zero-order valence-electron chi connectivity index (χ0n) is 10.5. The van der Waals surface area contributed by atoms with Crippen LogP contribution in [0, 0.1) is 0 Å². The molecule has 100 valence electrons. The summed E-state index contributed by atoms with van der Waals surface area (Å²) in [5, 5.41) is 8.55.